The number of pyridine rings is 1. The van der Waals surface area contributed by atoms with Crippen LogP contribution in [-0.4, -0.2) is 40.7 Å². The van der Waals surface area contributed by atoms with E-state index in [-0.39, 0.29) is 29.5 Å². The first-order chi connectivity index (χ1) is 16.1. The van der Waals surface area contributed by atoms with Gasteiger partial charge in [-0.3, -0.25) is 14.4 Å². The Morgan fingerprint density at radius 3 is 2.21 bits per heavy atom. The maximum absolute atomic E-state index is 13.1. The molecular weight excluding hydrogens is 451 g/mol. The Balaban J connectivity index is 1.83. The number of benzene rings is 1. The molecule has 1 aliphatic rings. The number of carbonyl (C=O) groups excluding carboxylic acids is 2. The Labute approximate surface area is 195 Å². The summed E-state index contributed by atoms with van der Waals surface area (Å²) >= 11 is 0. The molecule has 0 bridgehead atoms. The van der Waals surface area contributed by atoms with Gasteiger partial charge in [0, 0.05) is 38.1 Å². The molecule has 0 radical (unpaired) electrons. The number of alkyl halides is 3. The van der Waals surface area contributed by atoms with Crippen molar-refractivity contribution in [2.75, 3.05) is 13.1 Å². The minimum absolute atomic E-state index is 0.0117. The second-order valence-electron chi connectivity index (χ2n) is 8.15. The fourth-order valence-corrected chi connectivity index (χ4v) is 4.09. The third-order valence-corrected chi connectivity index (χ3v) is 5.93. The van der Waals surface area contributed by atoms with E-state index in [1.54, 1.807) is 10.8 Å². The van der Waals surface area contributed by atoms with E-state index in [4.69, 9.17) is 0 Å². The van der Waals surface area contributed by atoms with Crippen LogP contribution in [0.5, 0.6) is 5.75 Å². The molecule has 1 N–H and O–H groups in total. The number of rotatable bonds is 8. The maximum Gasteiger partial charge on any atom is 0.573 e. The average molecular weight is 479 g/mol. The fraction of sp³-hybridized carbons (Fsp3) is 0.458. The van der Waals surface area contributed by atoms with Gasteiger partial charge in [0.2, 0.25) is 5.43 Å². The molecule has 0 spiro atoms. The predicted molar refractivity (Wildman–Crippen MR) is 120 cm³/mol. The van der Waals surface area contributed by atoms with E-state index in [9.17, 15) is 27.6 Å². The van der Waals surface area contributed by atoms with E-state index < -0.39 is 23.6 Å². The van der Waals surface area contributed by atoms with Gasteiger partial charge in [-0.05, 0) is 44.4 Å². The first-order valence-corrected chi connectivity index (χ1v) is 11.3. The summed E-state index contributed by atoms with van der Waals surface area (Å²) in [6, 6.07) is 5.17. The fourth-order valence-electron chi connectivity index (χ4n) is 4.09. The minimum atomic E-state index is -4.79. The normalized spacial score (nSPS) is 14.1. The Morgan fingerprint density at radius 2 is 1.65 bits per heavy atom. The van der Waals surface area contributed by atoms with Crippen LogP contribution in [0.1, 0.15) is 71.9 Å². The van der Waals surface area contributed by atoms with Crippen molar-refractivity contribution >= 4 is 11.8 Å². The molecule has 0 aliphatic heterocycles. The molecule has 10 heteroatoms. The van der Waals surface area contributed by atoms with Crippen molar-refractivity contribution in [3.8, 4) is 5.75 Å². The van der Waals surface area contributed by atoms with Crippen LogP contribution in [0.15, 0.2) is 41.5 Å². The zero-order valence-electron chi connectivity index (χ0n) is 19.2. The molecule has 1 aliphatic carbocycles. The van der Waals surface area contributed by atoms with E-state index in [0.29, 0.717) is 18.7 Å². The molecule has 2 amide bonds. The third kappa shape index (κ3) is 6.18. The molecule has 184 valence electrons. The van der Waals surface area contributed by atoms with Crippen LogP contribution in [0, 0.1) is 0 Å². The molecule has 1 heterocycles. The van der Waals surface area contributed by atoms with Crippen LogP contribution >= 0.6 is 0 Å². The highest BCUT2D eigenvalue weighted by Crippen LogP contribution is 2.29. The number of halogens is 3. The van der Waals surface area contributed by atoms with Gasteiger partial charge in [0.05, 0.1) is 0 Å². The Kier molecular flexibility index (Phi) is 8.01. The van der Waals surface area contributed by atoms with Crippen LogP contribution in [-0.2, 0) is 6.54 Å². The van der Waals surface area contributed by atoms with Gasteiger partial charge in [-0.1, -0.05) is 25.0 Å². The summed E-state index contributed by atoms with van der Waals surface area (Å²) in [4.78, 5) is 40.5. The molecule has 1 fully saturated rings. The van der Waals surface area contributed by atoms with Crippen molar-refractivity contribution in [3.05, 3.63) is 63.6 Å². The topological polar surface area (TPSA) is 80.6 Å². The number of hydrogen-bond acceptors (Lipinski definition) is 4. The standard InChI is InChI=1S/C24H28F3N3O4/c1-3-29(4-2)23(33)20-15-30(17-7-5-6-8-17)14-19(21(20)31)22(32)28-13-16-9-11-18(12-10-16)34-24(25,26)27/h9-12,14-15,17H,3-8,13H2,1-2H3,(H,28,32). The lowest BCUT2D eigenvalue weighted by Crippen LogP contribution is -2.38. The van der Waals surface area contributed by atoms with Gasteiger partial charge in [-0.25, -0.2) is 0 Å². The van der Waals surface area contributed by atoms with Crippen molar-refractivity contribution in [2.45, 2.75) is 58.5 Å². The smallest absolute Gasteiger partial charge is 0.406 e. The lowest BCUT2D eigenvalue weighted by Gasteiger charge is -2.21. The summed E-state index contributed by atoms with van der Waals surface area (Å²) < 4.78 is 42.6. The molecular formula is C24H28F3N3O4. The molecule has 2 aromatic rings. The van der Waals surface area contributed by atoms with E-state index in [1.807, 2.05) is 13.8 Å². The molecule has 0 unspecified atom stereocenters. The van der Waals surface area contributed by atoms with Gasteiger partial charge < -0.3 is 19.5 Å². The monoisotopic (exact) mass is 479 g/mol. The van der Waals surface area contributed by atoms with Crippen molar-refractivity contribution < 1.29 is 27.5 Å². The highest BCUT2D eigenvalue weighted by atomic mass is 19.4. The Morgan fingerprint density at radius 1 is 1.06 bits per heavy atom. The van der Waals surface area contributed by atoms with Crippen LogP contribution in [0.3, 0.4) is 0 Å². The number of aromatic nitrogens is 1. The summed E-state index contributed by atoms with van der Waals surface area (Å²) in [5, 5.41) is 2.62. The molecule has 1 aromatic heterocycles. The highest BCUT2D eigenvalue weighted by molar-refractivity contribution is 5.99. The lowest BCUT2D eigenvalue weighted by atomic mass is 10.1. The average Bonchev–Trinajstić information content (AvgIpc) is 3.33. The number of ether oxygens (including phenoxy) is 1. The molecule has 1 saturated carbocycles. The van der Waals surface area contributed by atoms with E-state index in [2.05, 4.69) is 10.1 Å². The predicted octanol–water partition coefficient (Wildman–Crippen LogP) is 4.27. The molecule has 34 heavy (non-hydrogen) atoms. The second-order valence-corrected chi connectivity index (χ2v) is 8.15. The molecule has 0 saturated heterocycles. The second kappa shape index (κ2) is 10.8. The first-order valence-electron chi connectivity index (χ1n) is 11.3. The number of carbonyl (C=O) groups is 2. The third-order valence-electron chi connectivity index (χ3n) is 5.93. The number of nitrogens with zero attached hydrogens (tertiary/aromatic N) is 2. The largest absolute Gasteiger partial charge is 0.573 e. The summed E-state index contributed by atoms with van der Waals surface area (Å²) in [7, 11) is 0. The van der Waals surface area contributed by atoms with Gasteiger partial charge in [0.15, 0.2) is 0 Å². The van der Waals surface area contributed by atoms with Crippen LogP contribution in [0.25, 0.3) is 0 Å². The minimum Gasteiger partial charge on any atom is -0.406 e. The van der Waals surface area contributed by atoms with Crippen molar-refractivity contribution in [3.63, 3.8) is 0 Å². The quantitative estimate of drug-likeness (QED) is 0.613. The van der Waals surface area contributed by atoms with Crippen molar-refractivity contribution in [1.82, 2.24) is 14.8 Å². The number of amides is 2. The number of hydrogen-bond donors (Lipinski definition) is 1. The van der Waals surface area contributed by atoms with Crippen LogP contribution in [0.2, 0.25) is 0 Å². The highest BCUT2D eigenvalue weighted by Gasteiger charge is 2.31. The zero-order valence-corrected chi connectivity index (χ0v) is 19.2. The maximum atomic E-state index is 13.1. The summed E-state index contributed by atoms with van der Waals surface area (Å²) in [5.41, 5.74) is -0.300. The zero-order chi connectivity index (χ0) is 24.9. The van der Waals surface area contributed by atoms with Gasteiger partial charge in [0.25, 0.3) is 11.8 Å². The summed E-state index contributed by atoms with van der Waals surface area (Å²) in [6.45, 7) is 4.49. The van der Waals surface area contributed by atoms with E-state index >= 15 is 0 Å². The summed E-state index contributed by atoms with van der Waals surface area (Å²) in [6.07, 6.45) is 2.12. The van der Waals surface area contributed by atoms with Crippen molar-refractivity contribution in [2.24, 2.45) is 0 Å². The Hall–Kier alpha value is -3.30. The van der Waals surface area contributed by atoms with E-state index in [0.717, 1.165) is 37.8 Å². The van der Waals surface area contributed by atoms with Gasteiger partial charge in [0.1, 0.15) is 16.9 Å². The molecule has 3 rings (SSSR count). The lowest BCUT2D eigenvalue weighted by molar-refractivity contribution is -0.274. The van der Waals surface area contributed by atoms with Gasteiger partial charge in [-0.2, -0.15) is 0 Å². The summed E-state index contributed by atoms with van der Waals surface area (Å²) in [5.74, 6) is -1.44. The molecule has 0 atom stereocenters. The van der Waals surface area contributed by atoms with Crippen molar-refractivity contribution in [1.29, 1.82) is 0 Å². The first kappa shape index (κ1) is 25.3. The van der Waals surface area contributed by atoms with Gasteiger partial charge in [-0.15, -0.1) is 13.2 Å². The van der Waals surface area contributed by atoms with Gasteiger partial charge >= 0.3 is 6.36 Å². The van der Waals surface area contributed by atoms with Crippen LogP contribution in [0.4, 0.5) is 13.2 Å². The molecule has 7 nitrogen and oxygen atoms in total. The van der Waals surface area contributed by atoms with E-state index in [1.165, 1.54) is 23.2 Å². The SMILES string of the molecule is CCN(CC)C(=O)c1cn(C2CCCC2)cc(C(=O)NCc2ccc(OC(F)(F)F)cc2)c1=O. The molecule has 1 aromatic carbocycles. The number of nitrogens with one attached hydrogen (secondary N) is 1. The van der Waals surface area contributed by atoms with Crippen LogP contribution < -0.4 is 15.5 Å². The Bertz CT molecular complexity index is 1070.